The Bertz CT molecular complexity index is 1160. The maximum absolute atomic E-state index is 13.2. The molecule has 0 aliphatic rings. The SMILES string of the molecule is Cc1cccc(CC(=O)Nc2cc(C)nn2-c2nc(-c3ccc(F)cc3)cs2)c1. The number of nitrogens with one attached hydrogen (secondary N) is 1. The summed E-state index contributed by atoms with van der Waals surface area (Å²) in [7, 11) is 0. The fourth-order valence-corrected chi connectivity index (χ4v) is 3.84. The largest absolute Gasteiger partial charge is 0.310 e. The molecule has 0 unspecified atom stereocenters. The molecule has 4 aromatic rings. The minimum atomic E-state index is -0.287. The zero-order valence-electron chi connectivity index (χ0n) is 16.0. The Morgan fingerprint density at radius 3 is 2.69 bits per heavy atom. The zero-order chi connectivity index (χ0) is 20.4. The highest BCUT2D eigenvalue weighted by molar-refractivity contribution is 7.12. The van der Waals surface area contributed by atoms with Crippen molar-refractivity contribution in [3.05, 3.63) is 82.6 Å². The Morgan fingerprint density at radius 2 is 1.93 bits per heavy atom. The van der Waals surface area contributed by atoms with Crippen LogP contribution in [0.5, 0.6) is 0 Å². The molecule has 4 rings (SSSR count). The molecule has 1 N–H and O–H groups in total. The maximum Gasteiger partial charge on any atom is 0.229 e. The van der Waals surface area contributed by atoms with Crippen molar-refractivity contribution >= 4 is 23.1 Å². The zero-order valence-corrected chi connectivity index (χ0v) is 16.8. The Balaban J connectivity index is 1.55. The van der Waals surface area contributed by atoms with Gasteiger partial charge in [-0.25, -0.2) is 9.37 Å². The molecule has 0 bridgehead atoms. The van der Waals surface area contributed by atoms with Gasteiger partial charge in [-0.05, 0) is 43.7 Å². The molecule has 0 spiro atoms. The molecule has 2 aromatic heterocycles. The van der Waals surface area contributed by atoms with Crippen molar-refractivity contribution in [3.63, 3.8) is 0 Å². The van der Waals surface area contributed by atoms with Crippen LogP contribution in [0.4, 0.5) is 10.2 Å². The van der Waals surface area contributed by atoms with Gasteiger partial charge in [-0.2, -0.15) is 9.78 Å². The summed E-state index contributed by atoms with van der Waals surface area (Å²) in [6, 6.07) is 15.9. The fraction of sp³-hybridized carbons (Fsp3) is 0.136. The van der Waals surface area contributed by atoms with Crippen LogP contribution in [-0.4, -0.2) is 20.7 Å². The minimum Gasteiger partial charge on any atom is -0.310 e. The molecule has 7 heteroatoms. The average molecular weight is 406 g/mol. The predicted molar refractivity (Wildman–Crippen MR) is 113 cm³/mol. The van der Waals surface area contributed by atoms with Crippen LogP contribution >= 0.6 is 11.3 Å². The van der Waals surface area contributed by atoms with E-state index in [1.165, 1.54) is 23.5 Å². The highest BCUT2D eigenvalue weighted by Crippen LogP contribution is 2.26. The first-order chi connectivity index (χ1) is 14.0. The maximum atomic E-state index is 13.2. The van der Waals surface area contributed by atoms with E-state index in [1.807, 2.05) is 49.6 Å². The van der Waals surface area contributed by atoms with Crippen molar-refractivity contribution in [2.75, 3.05) is 5.32 Å². The minimum absolute atomic E-state index is 0.118. The Kier molecular flexibility index (Phi) is 5.22. The fourth-order valence-electron chi connectivity index (χ4n) is 3.04. The van der Waals surface area contributed by atoms with Crippen LogP contribution in [0.15, 0.2) is 60.0 Å². The van der Waals surface area contributed by atoms with Crippen LogP contribution < -0.4 is 5.32 Å². The lowest BCUT2D eigenvalue weighted by molar-refractivity contribution is -0.115. The van der Waals surface area contributed by atoms with Crippen LogP contribution in [0.3, 0.4) is 0 Å². The summed E-state index contributed by atoms with van der Waals surface area (Å²) in [4.78, 5) is 17.1. The van der Waals surface area contributed by atoms with E-state index in [0.29, 0.717) is 10.9 Å². The predicted octanol–water partition coefficient (Wildman–Crippen LogP) is 4.93. The summed E-state index contributed by atoms with van der Waals surface area (Å²) in [6.45, 7) is 3.86. The van der Waals surface area contributed by atoms with Crippen LogP contribution in [0.2, 0.25) is 0 Å². The van der Waals surface area contributed by atoms with Crippen molar-refractivity contribution < 1.29 is 9.18 Å². The molecular weight excluding hydrogens is 387 g/mol. The Morgan fingerprint density at radius 1 is 1.14 bits per heavy atom. The topological polar surface area (TPSA) is 59.8 Å². The molecular formula is C22H19FN4OS. The van der Waals surface area contributed by atoms with E-state index in [4.69, 9.17) is 0 Å². The van der Waals surface area contributed by atoms with Gasteiger partial charge in [0.1, 0.15) is 11.6 Å². The molecule has 0 radical (unpaired) electrons. The average Bonchev–Trinajstić information content (AvgIpc) is 3.29. The normalized spacial score (nSPS) is 10.9. The van der Waals surface area contributed by atoms with Gasteiger partial charge in [0.25, 0.3) is 0 Å². The highest BCUT2D eigenvalue weighted by Gasteiger charge is 2.15. The third kappa shape index (κ3) is 4.41. The molecule has 0 fully saturated rings. The Hall–Kier alpha value is -3.32. The van der Waals surface area contributed by atoms with E-state index in [9.17, 15) is 9.18 Å². The number of nitrogens with zero attached hydrogens (tertiary/aromatic N) is 3. The second-order valence-corrected chi connectivity index (χ2v) is 7.66. The second kappa shape index (κ2) is 7.97. The summed E-state index contributed by atoms with van der Waals surface area (Å²) in [6.07, 6.45) is 0.282. The van der Waals surface area contributed by atoms with Crippen LogP contribution in [0.1, 0.15) is 16.8 Å². The van der Waals surface area contributed by atoms with Gasteiger partial charge in [0, 0.05) is 17.0 Å². The molecule has 146 valence electrons. The van der Waals surface area contributed by atoms with E-state index in [-0.39, 0.29) is 18.1 Å². The van der Waals surface area contributed by atoms with Gasteiger partial charge >= 0.3 is 0 Å². The molecule has 1 amide bonds. The quantitative estimate of drug-likeness (QED) is 0.511. The number of carbonyl (C=O) groups excluding carboxylic acids is 1. The summed E-state index contributed by atoms with van der Waals surface area (Å²) >= 11 is 1.41. The van der Waals surface area contributed by atoms with Crippen molar-refractivity contribution in [2.45, 2.75) is 20.3 Å². The van der Waals surface area contributed by atoms with Crippen molar-refractivity contribution in [1.82, 2.24) is 14.8 Å². The lowest BCUT2D eigenvalue weighted by atomic mass is 10.1. The van der Waals surface area contributed by atoms with Crippen molar-refractivity contribution in [3.8, 4) is 16.4 Å². The first-order valence-corrected chi connectivity index (χ1v) is 10.00. The summed E-state index contributed by atoms with van der Waals surface area (Å²) < 4.78 is 14.8. The van der Waals surface area contributed by atoms with Gasteiger partial charge in [0.2, 0.25) is 11.0 Å². The number of carbonyl (C=O) groups is 1. The monoisotopic (exact) mass is 406 g/mol. The van der Waals surface area contributed by atoms with Gasteiger partial charge in [0.05, 0.1) is 17.8 Å². The Labute approximate surface area is 171 Å². The van der Waals surface area contributed by atoms with Gasteiger partial charge in [0.15, 0.2) is 0 Å². The van der Waals surface area contributed by atoms with Crippen LogP contribution in [0, 0.1) is 19.7 Å². The third-order valence-corrected chi connectivity index (χ3v) is 5.18. The number of hydrogen-bond donors (Lipinski definition) is 1. The number of thiazole rings is 1. The molecule has 5 nitrogen and oxygen atoms in total. The summed E-state index contributed by atoms with van der Waals surface area (Å²) in [5.41, 5.74) is 4.40. The van der Waals surface area contributed by atoms with Crippen molar-refractivity contribution in [1.29, 1.82) is 0 Å². The molecule has 29 heavy (non-hydrogen) atoms. The van der Waals surface area contributed by atoms with Gasteiger partial charge < -0.3 is 5.32 Å². The number of hydrogen-bond acceptors (Lipinski definition) is 4. The van der Waals surface area contributed by atoms with E-state index in [2.05, 4.69) is 15.4 Å². The van der Waals surface area contributed by atoms with Gasteiger partial charge in [-0.15, -0.1) is 11.3 Å². The number of aromatic nitrogens is 3. The smallest absolute Gasteiger partial charge is 0.229 e. The van der Waals surface area contributed by atoms with E-state index in [1.54, 1.807) is 16.8 Å². The van der Waals surface area contributed by atoms with E-state index in [0.717, 1.165) is 28.1 Å². The third-order valence-electron chi connectivity index (χ3n) is 4.36. The van der Waals surface area contributed by atoms with E-state index < -0.39 is 0 Å². The molecule has 0 aliphatic carbocycles. The molecule has 0 atom stereocenters. The molecule has 0 aliphatic heterocycles. The van der Waals surface area contributed by atoms with Gasteiger partial charge in [-0.1, -0.05) is 29.8 Å². The number of benzene rings is 2. The van der Waals surface area contributed by atoms with Crippen LogP contribution in [-0.2, 0) is 11.2 Å². The number of halogens is 1. The first kappa shape index (κ1) is 19.0. The lowest BCUT2D eigenvalue weighted by Crippen LogP contribution is -2.17. The molecule has 0 saturated heterocycles. The molecule has 2 heterocycles. The number of anilines is 1. The molecule has 2 aromatic carbocycles. The summed E-state index contributed by atoms with van der Waals surface area (Å²) in [5, 5.41) is 9.91. The number of amides is 1. The highest BCUT2D eigenvalue weighted by atomic mass is 32.1. The lowest BCUT2D eigenvalue weighted by Gasteiger charge is -2.07. The van der Waals surface area contributed by atoms with Crippen LogP contribution in [0.25, 0.3) is 16.4 Å². The van der Waals surface area contributed by atoms with E-state index >= 15 is 0 Å². The van der Waals surface area contributed by atoms with Crippen molar-refractivity contribution in [2.24, 2.45) is 0 Å². The second-order valence-electron chi connectivity index (χ2n) is 6.82. The number of aryl methyl sites for hydroxylation is 2. The van der Waals surface area contributed by atoms with Gasteiger partial charge in [-0.3, -0.25) is 4.79 Å². The summed E-state index contributed by atoms with van der Waals surface area (Å²) in [5.74, 6) is 0.165. The molecule has 0 saturated carbocycles. The standard InChI is InChI=1S/C22H19FN4OS/c1-14-4-3-5-16(10-14)12-21(28)25-20-11-15(2)26-27(20)22-24-19(13-29-22)17-6-8-18(23)9-7-17/h3-11,13H,12H2,1-2H3,(H,25,28). The first-order valence-electron chi connectivity index (χ1n) is 9.12. The number of rotatable bonds is 5.